The fraction of sp³-hybridized carbons (Fsp3) is 0.385. The molecule has 0 radical (unpaired) electrons. The molecule has 1 unspecified atom stereocenters. The van der Waals surface area contributed by atoms with Gasteiger partial charge in [-0.1, -0.05) is 0 Å². The molecule has 1 atom stereocenters. The van der Waals surface area contributed by atoms with Gasteiger partial charge in [-0.3, -0.25) is 4.98 Å². The first kappa shape index (κ1) is 11.3. The Labute approximate surface area is 105 Å². The average Bonchev–Trinajstić information content (AvgIpc) is 3.02. The van der Waals surface area contributed by atoms with Crippen LogP contribution in [0.5, 0.6) is 0 Å². The van der Waals surface area contributed by atoms with E-state index in [4.69, 9.17) is 0 Å². The standard InChI is InChI=1S/C13H15FN4/c14-9-3-4-11(16-7-9)12-8-17-13(18-12)6-10-2-1-5-15-10/h3-4,7-8,10,15H,1-2,5-6H2,(H,17,18). The summed E-state index contributed by atoms with van der Waals surface area (Å²) in [5.74, 6) is 0.629. The van der Waals surface area contributed by atoms with Crippen LogP contribution in [0.25, 0.3) is 11.4 Å². The molecule has 1 fully saturated rings. The van der Waals surface area contributed by atoms with Crippen molar-refractivity contribution in [2.45, 2.75) is 25.3 Å². The number of imidazole rings is 1. The SMILES string of the molecule is Fc1ccc(-c2cnc(CC3CCCN3)[nH]2)nc1. The van der Waals surface area contributed by atoms with Crippen molar-refractivity contribution in [1.82, 2.24) is 20.3 Å². The van der Waals surface area contributed by atoms with E-state index in [1.54, 1.807) is 12.3 Å². The van der Waals surface area contributed by atoms with Crippen molar-refractivity contribution in [3.63, 3.8) is 0 Å². The lowest BCUT2D eigenvalue weighted by Gasteiger charge is -2.06. The highest BCUT2D eigenvalue weighted by Gasteiger charge is 2.16. The summed E-state index contributed by atoms with van der Waals surface area (Å²) in [6.45, 7) is 1.09. The fourth-order valence-electron chi connectivity index (χ4n) is 2.30. The van der Waals surface area contributed by atoms with Gasteiger partial charge in [-0.2, -0.15) is 0 Å². The monoisotopic (exact) mass is 246 g/mol. The molecule has 3 rings (SSSR count). The van der Waals surface area contributed by atoms with Crippen molar-refractivity contribution in [3.05, 3.63) is 36.2 Å². The third-order valence-electron chi connectivity index (χ3n) is 3.23. The van der Waals surface area contributed by atoms with Crippen molar-refractivity contribution in [3.8, 4) is 11.4 Å². The maximum absolute atomic E-state index is 12.8. The summed E-state index contributed by atoms with van der Waals surface area (Å²) in [6, 6.07) is 3.58. The van der Waals surface area contributed by atoms with Crippen molar-refractivity contribution < 1.29 is 4.39 Å². The number of hydrogen-bond acceptors (Lipinski definition) is 3. The maximum atomic E-state index is 12.8. The second-order valence-corrected chi connectivity index (χ2v) is 4.60. The first-order chi connectivity index (χ1) is 8.81. The summed E-state index contributed by atoms with van der Waals surface area (Å²) in [5, 5.41) is 3.44. The summed E-state index contributed by atoms with van der Waals surface area (Å²) in [7, 11) is 0. The van der Waals surface area contributed by atoms with E-state index in [0.717, 1.165) is 30.2 Å². The van der Waals surface area contributed by atoms with Crippen LogP contribution >= 0.6 is 0 Å². The number of nitrogens with one attached hydrogen (secondary N) is 2. The van der Waals surface area contributed by atoms with Crippen LogP contribution in [0, 0.1) is 5.82 Å². The number of pyridine rings is 1. The molecule has 0 amide bonds. The van der Waals surface area contributed by atoms with Gasteiger partial charge in [-0.05, 0) is 31.5 Å². The molecular formula is C13H15FN4. The smallest absolute Gasteiger partial charge is 0.141 e. The molecule has 0 saturated carbocycles. The normalized spacial score (nSPS) is 19.3. The van der Waals surface area contributed by atoms with E-state index < -0.39 is 0 Å². The van der Waals surface area contributed by atoms with Crippen LogP contribution in [-0.4, -0.2) is 27.5 Å². The first-order valence-corrected chi connectivity index (χ1v) is 6.20. The summed E-state index contributed by atoms with van der Waals surface area (Å²) in [6.07, 6.45) is 6.31. The number of H-pyrrole nitrogens is 1. The first-order valence-electron chi connectivity index (χ1n) is 6.20. The molecule has 2 aromatic rings. The lowest BCUT2D eigenvalue weighted by molar-refractivity contribution is 0.588. The molecule has 0 bridgehead atoms. The van der Waals surface area contributed by atoms with E-state index in [1.165, 1.54) is 25.1 Å². The highest BCUT2D eigenvalue weighted by atomic mass is 19.1. The van der Waals surface area contributed by atoms with Crippen molar-refractivity contribution in [2.24, 2.45) is 0 Å². The molecule has 0 aromatic carbocycles. The number of halogens is 1. The lowest BCUT2D eigenvalue weighted by Crippen LogP contribution is -2.24. The highest BCUT2D eigenvalue weighted by Crippen LogP contribution is 2.16. The third-order valence-corrected chi connectivity index (χ3v) is 3.23. The Bertz CT molecular complexity index is 514. The van der Waals surface area contributed by atoms with Crippen LogP contribution in [0.3, 0.4) is 0 Å². The van der Waals surface area contributed by atoms with Gasteiger partial charge in [-0.25, -0.2) is 9.37 Å². The van der Waals surface area contributed by atoms with Gasteiger partial charge in [0.15, 0.2) is 0 Å². The molecule has 5 heteroatoms. The topological polar surface area (TPSA) is 53.6 Å². The predicted molar refractivity (Wildman–Crippen MR) is 66.5 cm³/mol. The fourth-order valence-corrected chi connectivity index (χ4v) is 2.30. The molecule has 1 aliphatic rings. The van der Waals surface area contributed by atoms with E-state index >= 15 is 0 Å². The van der Waals surface area contributed by atoms with Gasteiger partial charge in [0.05, 0.1) is 23.8 Å². The molecule has 0 aliphatic carbocycles. The Kier molecular flexibility index (Phi) is 3.06. The van der Waals surface area contributed by atoms with Crippen molar-refractivity contribution in [2.75, 3.05) is 6.54 Å². The van der Waals surface area contributed by atoms with Crippen LogP contribution in [0.2, 0.25) is 0 Å². The van der Waals surface area contributed by atoms with Crippen molar-refractivity contribution >= 4 is 0 Å². The zero-order chi connectivity index (χ0) is 12.4. The molecule has 1 aliphatic heterocycles. The van der Waals surface area contributed by atoms with E-state index in [9.17, 15) is 4.39 Å². The van der Waals surface area contributed by atoms with Crippen LogP contribution < -0.4 is 5.32 Å². The van der Waals surface area contributed by atoms with Crippen LogP contribution in [0.4, 0.5) is 4.39 Å². The van der Waals surface area contributed by atoms with Gasteiger partial charge in [-0.15, -0.1) is 0 Å². The highest BCUT2D eigenvalue weighted by molar-refractivity contribution is 5.52. The number of nitrogens with zero attached hydrogens (tertiary/aromatic N) is 2. The van der Waals surface area contributed by atoms with Gasteiger partial charge in [0, 0.05) is 12.5 Å². The van der Waals surface area contributed by atoms with E-state index in [2.05, 4.69) is 20.3 Å². The Morgan fingerprint density at radius 2 is 2.22 bits per heavy atom. The largest absolute Gasteiger partial charge is 0.341 e. The Balaban J connectivity index is 1.74. The lowest BCUT2D eigenvalue weighted by atomic mass is 10.1. The quantitative estimate of drug-likeness (QED) is 0.869. The van der Waals surface area contributed by atoms with Crippen LogP contribution in [-0.2, 0) is 6.42 Å². The van der Waals surface area contributed by atoms with Crippen LogP contribution in [0.1, 0.15) is 18.7 Å². The summed E-state index contributed by atoms with van der Waals surface area (Å²) in [4.78, 5) is 11.6. The van der Waals surface area contributed by atoms with Crippen molar-refractivity contribution in [1.29, 1.82) is 0 Å². The minimum absolute atomic E-state index is 0.325. The zero-order valence-electron chi connectivity index (χ0n) is 9.99. The van der Waals surface area contributed by atoms with Gasteiger partial charge < -0.3 is 10.3 Å². The molecule has 4 nitrogen and oxygen atoms in total. The third kappa shape index (κ3) is 2.41. The van der Waals surface area contributed by atoms with E-state index in [-0.39, 0.29) is 5.82 Å². The molecule has 18 heavy (non-hydrogen) atoms. The molecule has 3 heterocycles. The number of rotatable bonds is 3. The summed E-state index contributed by atoms with van der Waals surface area (Å²) >= 11 is 0. The molecule has 2 aromatic heterocycles. The van der Waals surface area contributed by atoms with Gasteiger partial charge in [0.1, 0.15) is 11.6 Å². The van der Waals surface area contributed by atoms with E-state index in [0.29, 0.717) is 6.04 Å². The number of aromatic nitrogens is 3. The molecule has 94 valence electrons. The van der Waals surface area contributed by atoms with E-state index in [1.807, 2.05) is 0 Å². The second-order valence-electron chi connectivity index (χ2n) is 4.60. The molecule has 2 N–H and O–H groups in total. The maximum Gasteiger partial charge on any atom is 0.141 e. The Morgan fingerprint density at radius 3 is 2.94 bits per heavy atom. The number of hydrogen-bond donors (Lipinski definition) is 2. The minimum Gasteiger partial charge on any atom is -0.341 e. The van der Waals surface area contributed by atoms with Crippen LogP contribution in [0.15, 0.2) is 24.5 Å². The second kappa shape index (κ2) is 4.86. The minimum atomic E-state index is -0.325. The average molecular weight is 246 g/mol. The molecule has 0 spiro atoms. The zero-order valence-corrected chi connectivity index (χ0v) is 9.99. The van der Waals surface area contributed by atoms with Gasteiger partial charge in [0.2, 0.25) is 0 Å². The number of aromatic amines is 1. The van der Waals surface area contributed by atoms with Gasteiger partial charge in [0.25, 0.3) is 0 Å². The van der Waals surface area contributed by atoms with Gasteiger partial charge >= 0.3 is 0 Å². The molecular weight excluding hydrogens is 231 g/mol. The summed E-state index contributed by atoms with van der Waals surface area (Å²) < 4.78 is 12.8. The Morgan fingerprint density at radius 1 is 1.28 bits per heavy atom. The summed E-state index contributed by atoms with van der Waals surface area (Å²) in [5.41, 5.74) is 1.55. The predicted octanol–water partition coefficient (Wildman–Crippen LogP) is 1.91. The molecule has 1 saturated heterocycles. The Hall–Kier alpha value is -1.75.